The van der Waals surface area contributed by atoms with Crippen molar-refractivity contribution < 1.29 is 4.74 Å². The highest BCUT2D eigenvalue weighted by Gasteiger charge is 2.21. The van der Waals surface area contributed by atoms with Gasteiger partial charge in [0.05, 0.1) is 12.1 Å². The van der Waals surface area contributed by atoms with Crippen molar-refractivity contribution in [1.82, 2.24) is 0 Å². The molecular weight excluding hydrogens is 200 g/mol. The lowest BCUT2D eigenvalue weighted by Gasteiger charge is -2.15. The second-order valence-corrected chi connectivity index (χ2v) is 4.17. The van der Waals surface area contributed by atoms with Crippen molar-refractivity contribution in [2.45, 2.75) is 31.9 Å². The Balaban J connectivity index is 2.05. The summed E-state index contributed by atoms with van der Waals surface area (Å²) < 4.78 is 5.59. The SMILES string of the molecule is CC(N=C(N)c1ccccc1)C1CCCO1. The zero-order valence-electron chi connectivity index (χ0n) is 9.60. The number of aliphatic imine (C=N–C) groups is 1. The molecule has 2 atom stereocenters. The van der Waals surface area contributed by atoms with Gasteiger partial charge in [0.2, 0.25) is 0 Å². The molecule has 0 aromatic heterocycles. The van der Waals surface area contributed by atoms with Crippen LogP contribution in [-0.4, -0.2) is 24.6 Å². The molecule has 16 heavy (non-hydrogen) atoms. The zero-order chi connectivity index (χ0) is 11.4. The monoisotopic (exact) mass is 218 g/mol. The first-order valence-electron chi connectivity index (χ1n) is 5.77. The second kappa shape index (κ2) is 5.12. The summed E-state index contributed by atoms with van der Waals surface area (Å²) in [5.74, 6) is 0.601. The number of hydrogen-bond donors (Lipinski definition) is 1. The van der Waals surface area contributed by atoms with Crippen LogP contribution in [0.3, 0.4) is 0 Å². The fourth-order valence-corrected chi connectivity index (χ4v) is 1.97. The van der Waals surface area contributed by atoms with E-state index in [0.29, 0.717) is 5.84 Å². The summed E-state index contributed by atoms with van der Waals surface area (Å²) in [6.07, 6.45) is 2.46. The van der Waals surface area contributed by atoms with Crippen LogP contribution >= 0.6 is 0 Å². The Morgan fingerprint density at radius 1 is 1.44 bits per heavy atom. The number of ether oxygens (including phenoxy) is 1. The number of hydrogen-bond acceptors (Lipinski definition) is 2. The molecule has 0 spiro atoms. The first kappa shape index (κ1) is 11.1. The molecule has 3 nitrogen and oxygen atoms in total. The maximum absolute atomic E-state index is 5.96. The molecule has 2 rings (SSSR count). The minimum absolute atomic E-state index is 0.141. The number of benzene rings is 1. The molecule has 2 N–H and O–H groups in total. The third-order valence-electron chi connectivity index (χ3n) is 2.92. The fourth-order valence-electron chi connectivity index (χ4n) is 1.97. The molecule has 1 aromatic rings. The first-order chi connectivity index (χ1) is 7.77. The van der Waals surface area contributed by atoms with E-state index in [1.54, 1.807) is 0 Å². The van der Waals surface area contributed by atoms with Crippen LogP contribution in [0.25, 0.3) is 0 Å². The van der Waals surface area contributed by atoms with Gasteiger partial charge in [0, 0.05) is 12.2 Å². The summed E-state index contributed by atoms with van der Waals surface area (Å²) in [5, 5.41) is 0. The van der Waals surface area contributed by atoms with Crippen LogP contribution in [0.5, 0.6) is 0 Å². The topological polar surface area (TPSA) is 47.6 Å². The van der Waals surface area contributed by atoms with Crippen molar-refractivity contribution in [3.05, 3.63) is 35.9 Å². The molecular formula is C13H18N2O. The quantitative estimate of drug-likeness (QED) is 0.622. The van der Waals surface area contributed by atoms with E-state index in [0.717, 1.165) is 25.0 Å². The van der Waals surface area contributed by atoms with Gasteiger partial charge in [0.15, 0.2) is 0 Å². The molecule has 3 heteroatoms. The predicted octanol–water partition coefficient (Wildman–Crippen LogP) is 1.96. The largest absolute Gasteiger partial charge is 0.383 e. The van der Waals surface area contributed by atoms with Crippen LogP contribution in [0.4, 0.5) is 0 Å². The Hall–Kier alpha value is -1.35. The highest BCUT2D eigenvalue weighted by molar-refractivity contribution is 5.97. The van der Waals surface area contributed by atoms with E-state index < -0.39 is 0 Å². The van der Waals surface area contributed by atoms with Gasteiger partial charge >= 0.3 is 0 Å². The lowest BCUT2D eigenvalue weighted by Crippen LogP contribution is -2.25. The number of nitrogens with two attached hydrogens (primary N) is 1. The molecule has 0 saturated carbocycles. The van der Waals surface area contributed by atoms with Gasteiger partial charge in [-0.2, -0.15) is 0 Å². The molecule has 1 saturated heterocycles. The van der Waals surface area contributed by atoms with E-state index in [4.69, 9.17) is 10.5 Å². The molecule has 1 aliphatic heterocycles. The summed E-state index contributed by atoms with van der Waals surface area (Å²) in [4.78, 5) is 4.50. The van der Waals surface area contributed by atoms with Crippen molar-refractivity contribution >= 4 is 5.84 Å². The molecule has 1 aromatic carbocycles. The minimum Gasteiger partial charge on any atom is -0.383 e. The Bertz CT molecular complexity index is 355. The normalized spacial score (nSPS) is 23.3. The van der Waals surface area contributed by atoms with E-state index in [1.165, 1.54) is 0 Å². The number of rotatable bonds is 3. The van der Waals surface area contributed by atoms with Gasteiger partial charge in [0.1, 0.15) is 5.84 Å². The van der Waals surface area contributed by atoms with Crippen LogP contribution in [0.2, 0.25) is 0 Å². The van der Waals surface area contributed by atoms with E-state index in [2.05, 4.69) is 11.9 Å². The highest BCUT2D eigenvalue weighted by atomic mass is 16.5. The average Bonchev–Trinajstić information content (AvgIpc) is 2.83. The molecule has 0 bridgehead atoms. The summed E-state index contributed by atoms with van der Waals surface area (Å²) in [7, 11) is 0. The lowest BCUT2D eigenvalue weighted by atomic mass is 10.1. The summed E-state index contributed by atoms with van der Waals surface area (Å²) >= 11 is 0. The Morgan fingerprint density at radius 2 is 2.19 bits per heavy atom. The van der Waals surface area contributed by atoms with Crippen LogP contribution in [0.15, 0.2) is 35.3 Å². The molecule has 0 radical (unpaired) electrons. The standard InChI is InChI=1S/C13H18N2O/c1-10(12-8-5-9-16-12)15-13(14)11-6-3-2-4-7-11/h2-4,6-7,10,12H,5,8-9H2,1H3,(H2,14,15). The minimum atomic E-state index is 0.141. The zero-order valence-corrected chi connectivity index (χ0v) is 9.60. The van der Waals surface area contributed by atoms with E-state index >= 15 is 0 Å². The maximum atomic E-state index is 5.96. The van der Waals surface area contributed by atoms with Crippen molar-refractivity contribution in [2.75, 3.05) is 6.61 Å². The highest BCUT2D eigenvalue weighted by Crippen LogP contribution is 2.17. The van der Waals surface area contributed by atoms with Crippen molar-refractivity contribution in [3.8, 4) is 0 Å². The molecule has 0 amide bonds. The molecule has 1 heterocycles. The van der Waals surface area contributed by atoms with Crippen LogP contribution in [-0.2, 0) is 4.74 Å². The lowest BCUT2D eigenvalue weighted by molar-refractivity contribution is 0.0953. The Morgan fingerprint density at radius 3 is 2.81 bits per heavy atom. The van der Waals surface area contributed by atoms with Crippen molar-refractivity contribution in [2.24, 2.45) is 10.7 Å². The van der Waals surface area contributed by atoms with Crippen LogP contribution < -0.4 is 5.73 Å². The smallest absolute Gasteiger partial charge is 0.125 e. The first-order valence-corrected chi connectivity index (χ1v) is 5.77. The van der Waals surface area contributed by atoms with Crippen molar-refractivity contribution in [1.29, 1.82) is 0 Å². The van der Waals surface area contributed by atoms with Gasteiger partial charge in [-0.05, 0) is 19.8 Å². The number of amidine groups is 1. The van der Waals surface area contributed by atoms with Crippen LogP contribution in [0.1, 0.15) is 25.3 Å². The van der Waals surface area contributed by atoms with E-state index in [9.17, 15) is 0 Å². The van der Waals surface area contributed by atoms with Gasteiger partial charge in [0.25, 0.3) is 0 Å². The third-order valence-corrected chi connectivity index (χ3v) is 2.92. The van der Waals surface area contributed by atoms with Gasteiger partial charge in [-0.1, -0.05) is 30.3 Å². The third kappa shape index (κ3) is 2.61. The Labute approximate surface area is 96.3 Å². The molecule has 1 aliphatic rings. The second-order valence-electron chi connectivity index (χ2n) is 4.17. The molecule has 0 aliphatic carbocycles. The van der Waals surface area contributed by atoms with Gasteiger partial charge in [-0.3, -0.25) is 4.99 Å². The summed E-state index contributed by atoms with van der Waals surface area (Å²) in [5.41, 5.74) is 6.94. The molecule has 1 fully saturated rings. The summed E-state index contributed by atoms with van der Waals surface area (Å²) in [6, 6.07) is 9.99. The van der Waals surface area contributed by atoms with Gasteiger partial charge < -0.3 is 10.5 Å². The average molecular weight is 218 g/mol. The van der Waals surface area contributed by atoms with E-state index in [1.807, 2.05) is 30.3 Å². The maximum Gasteiger partial charge on any atom is 0.125 e. The van der Waals surface area contributed by atoms with E-state index in [-0.39, 0.29) is 12.1 Å². The fraction of sp³-hybridized carbons (Fsp3) is 0.462. The Kier molecular flexibility index (Phi) is 3.57. The van der Waals surface area contributed by atoms with Gasteiger partial charge in [-0.25, -0.2) is 0 Å². The summed E-state index contributed by atoms with van der Waals surface area (Å²) in [6.45, 7) is 2.92. The molecule has 2 unspecified atom stereocenters. The van der Waals surface area contributed by atoms with Crippen molar-refractivity contribution in [3.63, 3.8) is 0 Å². The number of nitrogens with zero attached hydrogens (tertiary/aromatic N) is 1. The van der Waals surface area contributed by atoms with Crippen LogP contribution in [0, 0.1) is 0 Å². The predicted molar refractivity (Wildman–Crippen MR) is 65.6 cm³/mol. The van der Waals surface area contributed by atoms with Gasteiger partial charge in [-0.15, -0.1) is 0 Å². The molecule has 86 valence electrons.